The highest BCUT2D eigenvalue weighted by molar-refractivity contribution is 7.47. The molecule has 0 bridgehead atoms. The van der Waals surface area contributed by atoms with Gasteiger partial charge in [-0.15, -0.1) is 0 Å². The van der Waals surface area contributed by atoms with Crippen LogP contribution in [0.5, 0.6) is 0 Å². The fourth-order valence-corrected chi connectivity index (χ4v) is 11.8. The summed E-state index contributed by atoms with van der Waals surface area (Å²) in [4.78, 5) is 73.3. The Hall–Kier alpha value is -6.62. The molecule has 0 spiro atoms. The van der Waals surface area contributed by atoms with E-state index in [4.69, 9.17) is 37.0 Å². The average Bonchev–Trinajstić information content (AvgIpc) is 0.895. The van der Waals surface area contributed by atoms with Crippen LogP contribution >= 0.6 is 15.6 Å². The number of aliphatic hydroxyl groups excluding tert-OH is 1. The molecule has 5 atom stereocenters. The first-order valence-electron chi connectivity index (χ1n) is 42.0. The topological polar surface area (TPSA) is 237 Å². The second kappa shape index (κ2) is 82.4. The van der Waals surface area contributed by atoms with Crippen LogP contribution in [0.2, 0.25) is 0 Å². The standard InChI is InChI=1S/C93H146O17P2/c1-5-9-13-17-21-25-29-33-37-41-43-47-49-53-57-61-65-69-73-77-90(95)103-83-88(109-92(97)79-75-71-67-63-59-55-51-45-39-35-31-27-23-19-15-11-7-3)85-107-111(99,100)105-81-87(94)82-106-112(101,102)108-86-89(110-93(98)80-76-72-68-64-60-56-52-46-40-36-32-28-24-20-16-12-8-4)84-104-91(96)78-74-70-66-62-58-54-50-48-44-42-38-34-30-26-22-18-14-10-6-2/h9-16,21-28,33-40,43-44,47-48,51,53-55,57-58,63,67,87-89,94H,5-8,17-20,29-32,41-42,45-46,49-50,52,56,59-62,64-66,68-86H2,1-4H3,(H,99,100)(H,101,102)/b13-9-,14-10-,15-11-,16-12-,25-21-,26-22-,27-23-,28-24-,37-33-,38-34-,39-35-,40-36-,47-43-,48-44-,55-51-,57-53-,58-54-,67-63-. The van der Waals surface area contributed by atoms with Crippen molar-refractivity contribution in [2.24, 2.45) is 0 Å². The number of allylic oxidation sites excluding steroid dienone is 36. The second-order valence-corrected chi connectivity index (χ2v) is 29.8. The van der Waals surface area contributed by atoms with Crippen molar-refractivity contribution in [1.29, 1.82) is 0 Å². The molecule has 0 aliphatic carbocycles. The van der Waals surface area contributed by atoms with E-state index in [0.717, 1.165) is 199 Å². The Morgan fingerprint density at radius 2 is 0.446 bits per heavy atom. The van der Waals surface area contributed by atoms with Gasteiger partial charge in [0.1, 0.15) is 19.3 Å². The van der Waals surface area contributed by atoms with E-state index in [2.05, 4.69) is 234 Å². The number of carbonyl (C=O) groups excluding carboxylic acids is 4. The summed E-state index contributed by atoms with van der Waals surface area (Å²) in [6.07, 6.45) is 105. The monoisotopic (exact) mass is 1600 g/mol. The Kier molecular flexibility index (Phi) is 77.5. The van der Waals surface area contributed by atoms with Gasteiger partial charge in [0.25, 0.3) is 0 Å². The van der Waals surface area contributed by atoms with Crippen molar-refractivity contribution in [3.8, 4) is 0 Å². The number of rotatable bonds is 76. The number of phosphoric ester groups is 2. The smallest absolute Gasteiger partial charge is 0.462 e. The molecule has 112 heavy (non-hydrogen) atoms. The lowest BCUT2D eigenvalue weighted by atomic mass is 10.1. The van der Waals surface area contributed by atoms with Gasteiger partial charge in [-0.25, -0.2) is 9.13 Å². The van der Waals surface area contributed by atoms with E-state index >= 15 is 0 Å². The lowest BCUT2D eigenvalue weighted by Gasteiger charge is -2.21. The van der Waals surface area contributed by atoms with E-state index in [-0.39, 0.29) is 25.7 Å². The van der Waals surface area contributed by atoms with Gasteiger partial charge in [0, 0.05) is 25.7 Å². The molecule has 0 heterocycles. The van der Waals surface area contributed by atoms with E-state index < -0.39 is 97.5 Å². The number of hydrogen-bond acceptors (Lipinski definition) is 15. The highest BCUT2D eigenvalue weighted by Gasteiger charge is 2.30. The molecule has 3 N–H and O–H groups in total. The van der Waals surface area contributed by atoms with Gasteiger partial charge in [0.15, 0.2) is 12.2 Å². The largest absolute Gasteiger partial charge is 0.472 e. The van der Waals surface area contributed by atoms with Crippen molar-refractivity contribution in [2.75, 3.05) is 39.6 Å². The molecular formula is C93H146O17P2. The molecule has 0 aromatic rings. The van der Waals surface area contributed by atoms with E-state index in [9.17, 15) is 43.2 Å². The highest BCUT2D eigenvalue weighted by atomic mass is 31.2. The first-order chi connectivity index (χ1) is 54.7. The normalized spacial score (nSPS) is 14.9. The fraction of sp³-hybridized carbons (Fsp3) is 0.570. The van der Waals surface area contributed by atoms with Gasteiger partial charge in [-0.1, -0.05) is 291 Å². The third kappa shape index (κ3) is 81.4. The van der Waals surface area contributed by atoms with Gasteiger partial charge >= 0.3 is 39.5 Å². The summed E-state index contributed by atoms with van der Waals surface area (Å²) in [5.41, 5.74) is 0. The summed E-state index contributed by atoms with van der Waals surface area (Å²) in [5.74, 6) is -2.35. The molecule has 5 unspecified atom stereocenters. The SMILES string of the molecule is CC/C=C\C/C=C\C/C=C\C/C=C\C/C=C\CCCCCC(=O)OCC(COP(=O)(O)OCC(O)COP(=O)(O)OCC(COC(=O)CCCCC/C=C\C/C=C\C/C=C\C/C=C\C/C=C\CC)OC(=O)CCCCCCCCC/C=C\C/C=C\C/C=C\CC)OC(=O)CCC/C=C\C/C=C\C/C=C\C/C=C\C/C=C\CC. The number of phosphoric acid groups is 2. The highest BCUT2D eigenvalue weighted by Crippen LogP contribution is 2.45. The van der Waals surface area contributed by atoms with Crippen molar-refractivity contribution in [2.45, 2.75) is 303 Å². The molecule has 17 nitrogen and oxygen atoms in total. The summed E-state index contributed by atoms with van der Waals surface area (Å²) in [6.45, 7) is 4.25. The summed E-state index contributed by atoms with van der Waals surface area (Å²) >= 11 is 0. The molecular weight excluding hydrogens is 1450 g/mol. The molecule has 0 aliphatic rings. The molecule has 19 heteroatoms. The van der Waals surface area contributed by atoms with Gasteiger partial charge in [-0.05, 0) is 186 Å². The van der Waals surface area contributed by atoms with E-state index in [0.29, 0.717) is 32.1 Å². The van der Waals surface area contributed by atoms with Gasteiger partial charge < -0.3 is 33.8 Å². The second-order valence-electron chi connectivity index (χ2n) is 26.9. The summed E-state index contributed by atoms with van der Waals surface area (Å²) in [7, 11) is -10.0. The molecule has 0 aromatic carbocycles. The van der Waals surface area contributed by atoms with Crippen molar-refractivity contribution in [3.05, 3.63) is 219 Å². The zero-order valence-electron chi connectivity index (χ0n) is 69.0. The van der Waals surface area contributed by atoms with E-state index in [1.807, 2.05) is 12.2 Å². The zero-order valence-corrected chi connectivity index (χ0v) is 70.8. The lowest BCUT2D eigenvalue weighted by molar-refractivity contribution is -0.161. The summed E-state index contributed by atoms with van der Waals surface area (Å²) < 4.78 is 68.7. The molecule has 630 valence electrons. The van der Waals surface area contributed by atoms with Gasteiger partial charge in [0.2, 0.25) is 0 Å². The van der Waals surface area contributed by atoms with Crippen LogP contribution in [0.25, 0.3) is 0 Å². The Morgan fingerprint density at radius 3 is 0.714 bits per heavy atom. The van der Waals surface area contributed by atoms with Crippen LogP contribution < -0.4 is 0 Å². The molecule has 0 radical (unpaired) electrons. The third-order valence-electron chi connectivity index (χ3n) is 16.4. The van der Waals surface area contributed by atoms with Gasteiger partial charge in [-0.2, -0.15) is 0 Å². The molecule has 0 amide bonds. The molecule has 0 saturated carbocycles. The number of carbonyl (C=O) groups is 4. The first-order valence-corrected chi connectivity index (χ1v) is 45.0. The van der Waals surface area contributed by atoms with Crippen molar-refractivity contribution in [1.82, 2.24) is 0 Å². The van der Waals surface area contributed by atoms with E-state index in [1.165, 1.54) is 0 Å². The van der Waals surface area contributed by atoms with Crippen molar-refractivity contribution < 1.29 is 80.2 Å². The van der Waals surface area contributed by atoms with Crippen LogP contribution in [0.3, 0.4) is 0 Å². The minimum atomic E-state index is -5.02. The number of aliphatic hydroxyl groups is 1. The maximum Gasteiger partial charge on any atom is 0.472 e. The predicted molar refractivity (Wildman–Crippen MR) is 463 cm³/mol. The van der Waals surface area contributed by atoms with Crippen LogP contribution in [0.4, 0.5) is 0 Å². The predicted octanol–water partition coefficient (Wildman–Crippen LogP) is 25.2. The first kappa shape index (κ1) is 105. The number of unbranched alkanes of at least 4 members (excludes halogenated alkanes) is 14. The van der Waals surface area contributed by atoms with Crippen molar-refractivity contribution >= 4 is 39.5 Å². The lowest BCUT2D eigenvalue weighted by Crippen LogP contribution is -2.30. The molecule has 0 rings (SSSR count). The van der Waals surface area contributed by atoms with Gasteiger partial charge in [-0.3, -0.25) is 37.3 Å². The van der Waals surface area contributed by atoms with Crippen molar-refractivity contribution in [3.63, 3.8) is 0 Å². The third-order valence-corrected chi connectivity index (χ3v) is 18.3. The Morgan fingerprint density at radius 1 is 0.250 bits per heavy atom. The number of hydrogen-bond donors (Lipinski definition) is 3. The molecule has 0 aromatic heterocycles. The molecule has 0 fully saturated rings. The summed E-state index contributed by atoms with van der Waals surface area (Å²) in [5, 5.41) is 10.7. The quantitative estimate of drug-likeness (QED) is 0.0169. The fourth-order valence-electron chi connectivity index (χ4n) is 10.2. The molecule has 0 saturated heterocycles. The summed E-state index contributed by atoms with van der Waals surface area (Å²) in [6, 6.07) is 0. The van der Waals surface area contributed by atoms with Crippen LogP contribution in [0, 0.1) is 0 Å². The van der Waals surface area contributed by atoms with Gasteiger partial charge in [0.05, 0.1) is 26.4 Å². The van der Waals surface area contributed by atoms with Crippen LogP contribution in [0.1, 0.15) is 285 Å². The maximum absolute atomic E-state index is 13.1. The van der Waals surface area contributed by atoms with E-state index in [1.54, 1.807) is 0 Å². The average molecular weight is 1600 g/mol. The minimum absolute atomic E-state index is 0.00134. The Bertz CT molecular complexity index is 2990. The number of ether oxygens (including phenoxy) is 4. The minimum Gasteiger partial charge on any atom is -0.462 e. The van der Waals surface area contributed by atoms with Crippen LogP contribution in [-0.2, 0) is 65.4 Å². The zero-order chi connectivity index (χ0) is 81.7. The van der Waals surface area contributed by atoms with Crippen LogP contribution in [-0.4, -0.2) is 96.7 Å². The molecule has 0 aliphatic heterocycles. The Labute approximate surface area is 677 Å². The van der Waals surface area contributed by atoms with Crippen LogP contribution in [0.15, 0.2) is 219 Å². The Balaban J connectivity index is 5.54. The number of esters is 4. The maximum atomic E-state index is 13.1.